The monoisotopic (exact) mass is 174 g/mol. The van der Waals surface area contributed by atoms with Crippen molar-refractivity contribution in [3.05, 3.63) is 0 Å². The normalized spacial score (nSPS) is 15.3. The Bertz CT molecular complexity index is 139. The minimum absolute atomic E-state index is 0.0698. The van der Waals surface area contributed by atoms with E-state index < -0.39 is 0 Å². The first kappa shape index (κ1) is 11.4. The molecule has 0 aromatic heterocycles. The number of carbonyl (C=O) groups is 1. The first-order valence-electron chi connectivity index (χ1n) is 4.09. The molecule has 0 aliphatic heterocycles. The van der Waals surface area contributed by atoms with E-state index in [0.29, 0.717) is 6.54 Å². The summed E-state index contributed by atoms with van der Waals surface area (Å²) in [5.74, 6) is -0.0698. The average molecular weight is 174 g/mol. The van der Waals surface area contributed by atoms with Crippen molar-refractivity contribution in [2.45, 2.75) is 26.0 Å². The van der Waals surface area contributed by atoms with Gasteiger partial charge in [0.15, 0.2) is 0 Å². The first-order chi connectivity index (χ1) is 5.61. The van der Waals surface area contributed by atoms with Crippen molar-refractivity contribution < 1.29 is 9.53 Å². The van der Waals surface area contributed by atoms with E-state index in [4.69, 9.17) is 4.74 Å². The molecule has 0 saturated carbocycles. The van der Waals surface area contributed by atoms with E-state index in [1.165, 1.54) is 7.11 Å². The zero-order valence-electron chi connectivity index (χ0n) is 8.18. The summed E-state index contributed by atoms with van der Waals surface area (Å²) in [4.78, 5) is 11.1. The predicted molar refractivity (Wildman–Crippen MR) is 48.0 cm³/mol. The molecular weight excluding hydrogens is 156 g/mol. The highest BCUT2D eigenvalue weighted by atomic mass is 16.5. The number of nitrogens with one attached hydrogen (secondary N) is 2. The van der Waals surface area contributed by atoms with Crippen molar-refractivity contribution in [3.63, 3.8) is 0 Å². The Balaban J connectivity index is 3.56. The van der Waals surface area contributed by atoms with Gasteiger partial charge in [0, 0.05) is 19.7 Å². The third kappa shape index (κ3) is 4.31. The molecule has 2 atom stereocenters. The zero-order chi connectivity index (χ0) is 9.56. The Morgan fingerprint density at radius 1 is 1.50 bits per heavy atom. The Morgan fingerprint density at radius 2 is 2.08 bits per heavy atom. The Kier molecular flexibility index (Phi) is 5.66. The van der Waals surface area contributed by atoms with E-state index in [0.717, 1.165) is 0 Å². The van der Waals surface area contributed by atoms with Crippen LogP contribution in [0.3, 0.4) is 0 Å². The van der Waals surface area contributed by atoms with Gasteiger partial charge in [-0.15, -0.1) is 0 Å². The number of likely N-dealkylation sites (N-methyl/N-ethyl adjacent to an activating group) is 1. The number of hydrogen-bond donors (Lipinski definition) is 2. The molecule has 0 fully saturated rings. The number of carbonyl (C=O) groups excluding carboxylic acids is 1. The van der Waals surface area contributed by atoms with Crippen molar-refractivity contribution in [2.75, 3.05) is 20.7 Å². The maximum absolute atomic E-state index is 11.1. The second-order valence-corrected chi connectivity index (χ2v) is 2.81. The Hall–Kier alpha value is -0.610. The van der Waals surface area contributed by atoms with Crippen LogP contribution in [0.2, 0.25) is 0 Å². The molecule has 0 heterocycles. The van der Waals surface area contributed by atoms with Crippen molar-refractivity contribution in [2.24, 2.45) is 0 Å². The molecule has 4 nitrogen and oxygen atoms in total. The van der Waals surface area contributed by atoms with Gasteiger partial charge in [0.25, 0.3) is 0 Å². The van der Waals surface area contributed by atoms with Gasteiger partial charge in [0.1, 0.15) is 6.10 Å². The van der Waals surface area contributed by atoms with Crippen LogP contribution >= 0.6 is 0 Å². The van der Waals surface area contributed by atoms with E-state index in [-0.39, 0.29) is 18.1 Å². The summed E-state index contributed by atoms with van der Waals surface area (Å²) in [5, 5.41) is 5.78. The van der Waals surface area contributed by atoms with E-state index >= 15 is 0 Å². The standard InChI is InChI=1S/C8H18N2O2/c1-6(9-3)5-10-8(11)7(2)12-4/h6-7,9H,5H2,1-4H3,(H,10,11). The second-order valence-electron chi connectivity index (χ2n) is 2.81. The van der Waals surface area contributed by atoms with E-state index in [9.17, 15) is 4.79 Å². The number of ether oxygens (including phenoxy) is 1. The third-order valence-corrected chi connectivity index (χ3v) is 1.80. The molecule has 0 radical (unpaired) electrons. The summed E-state index contributed by atoms with van der Waals surface area (Å²) >= 11 is 0. The fraction of sp³-hybridized carbons (Fsp3) is 0.875. The fourth-order valence-electron chi connectivity index (χ4n) is 0.607. The highest BCUT2D eigenvalue weighted by Crippen LogP contribution is 1.86. The molecule has 0 saturated heterocycles. The van der Waals surface area contributed by atoms with Crippen molar-refractivity contribution in [1.29, 1.82) is 0 Å². The van der Waals surface area contributed by atoms with Gasteiger partial charge in [-0.25, -0.2) is 0 Å². The molecule has 1 amide bonds. The van der Waals surface area contributed by atoms with Gasteiger partial charge in [-0.05, 0) is 20.9 Å². The van der Waals surface area contributed by atoms with Gasteiger partial charge in [-0.2, -0.15) is 0 Å². The average Bonchev–Trinajstić information content (AvgIpc) is 2.11. The van der Waals surface area contributed by atoms with Crippen LogP contribution in [0.5, 0.6) is 0 Å². The van der Waals surface area contributed by atoms with E-state index in [1.807, 2.05) is 14.0 Å². The minimum atomic E-state index is -0.367. The Morgan fingerprint density at radius 3 is 2.50 bits per heavy atom. The number of hydrogen-bond acceptors (Lipinski definition) is 3. The van der Waals surface area contributed by atoms with Crippen LogP contribution in [0.15, 0.2) is 0 Å². The van der Waals surface area contributed by atoms with Crippen molar-refractivity contribution >= 4 is 5.91 Å². The lowest BCUT2D eigenvalue weighted by molar-refractivity contribution is -0.130. The number of rotatable bonds is 5. The topological polar surface area (TPSA) is 50.4 Å². The third-order valence-electron chi connectivity index (χ3n) is 1.80. The van der Waals surface area contributed by atoms with Crippen LogP contribution in [-0.4, -0.2) is 38.8 Å². The van der Waals surface area contributed by atoms with E-state index in [1.54, 1.807) is 6.92 Å². The highest BCUT2D eigenvalue weighted by Gasteiger charge is 2.10. The maximum Gasteiger partial charge on any atom is 0.248 e. The number of amides is 1. The van der Waals surface area contributed by atoms with E-state index in [2.05, 4.69) is 10.6 Å². The minimum Gasteiger partial charge on any atom is -0.372 e. The van der Waals surface area contributed by atoms with Crippen LogP contribution in [-0.2, 0) is 9.53 Å². The second kappa shape index (κ2) is 5.97. The molecule has 0 bridgehead atoms. The summed E-state index contributed by atoms with van der Waals surface area (Å²) in [7, 11) is 3.38. The quantitative estimate of drug-likeness (QED) is 0.604. The van der Waals surface area contributed by atoms with Crippen molar-refractivity contribution in [1.82, 2.24) is 10.6 Å². The molecule has 72 valence electrons. The van der Waals surface area contributed by atoms with Gasteiger partial charge in [-0.3, -0.25) is 4.79 Å². The number of methoxy groups -OCH3 is 1. The lowest BCUT2D eigenvalue weighted by Crippen LogP contribution is -2.41. The maximum atomic E-state index is 11.1. The molecule has 0 aromatic carbocycles. The molecule has 2 N–H and O–H groups in total. The molecule has 0 aliphatic rings. The molecule has 4 heteroatoms. The lowest BCUT2D eigenvalue weighted by atomic mass is 10.3. The molecule has 0 aliphatic carbocycles. The summed E-state index contributed by atoms with van der Waals surface area (Å²) in [6, 6.07) is 0.290. The smallest absolute Gasteiger partial charge is 0.248 e. The zero-order valence-corrected chi connectivity index (χ0v) is 8.18. The summed E-state index contributed by atoms with van der Waals surface area (Å²) < 4.78 is 4.85. The first-order valence-corrected chi connectivity index (χ1v) is 4.09. The molecule has 12 heavy (non-hydrogen) atoms. The van der Waals surface area contributed by atoms with Gasteiger partial charge >= 0.3 is 0 Å². The lowest BCUT2D eigenvalue weighted by Gasteiger charge is -2.13. The van der Waals surface area contributed by atoms with Crippen molar-refractivity contribution in [3.8, 4) is 0 Å². The molecule has 0 rings (SSSR count). The molecule has 0 spiro atoms. The predicted octanol–water partition coefficient (Wildman–Crippen LogP) is -0.255. The Labute approximate surface area is 73.7 Å². The molecule has 0 aromatic rings. The van der Waals surface area contributed by atoms with Crippen LogP contribution in [0.1, 0.15) is 13.8 Å². The van der Waals surface area contributed by atoms with Gasteiger partial charge in [0.05, 0.1) is 0 Å². The van der Waals surface area contributed by atoms with Crippen LogP contribution in [0.4, 0.5) is 0 Å². The highest BCUT2D eigenvalue weighted by molar-refractivity contribution is 5.80. The molecular formula is C8H18N2O2. The summed E-state index contributed by atoms with van der Waals surface area (Å²) in [5.41, 5.74) is 0. The van der Waals surface area contributed by atoms with Gasteiger partial charge < -0.3 is 15.4 Å². The SMILES string of the molecule is CNC(C)CNC(=O)C(C)OC. The molecule has 2 unspecified atom stereocenters. The van der Waals surface area contributed by atoms with Crippen LogP contribution in [0, 0.1) is 0 Å². The van der Waals surface area contributed by atoms with Gasteiger partial charge in [0.2, 0.25) is 5.91 Å². The summed E-state index contributed by atoms with van der Waals surface area (Å²) in [6.07, 6.45) is -0.367. The van der Waals surface area contributed by atoms with Crippen LogP contribution < -0.4 is 10.6 Å². The fourth-order valence-corrected chi connectivity index (χ4v) is 0.607. The van der Waals surface area contributed by atoms with Crippen LogP contribution in [0.25, 0.3) is 0 Å². The van der Waals surface area contributed by atoms with Gasteiger partial charge in [-0.1, -0.05) is 0 Å². The largest absolute Gasteiger partial charge is 0.372 e. The summed E-state index contributed by atoms with van der Waals surface area (Å²) in [6.45, 7) is 4.35.